The number of anilines is 1. The Morgan fingerprint density at radius 3 is 2.74 bits per heavy atom. The van der Waals surface area contributed by atoms with Gasteiger partial charge in [0.1, 0.15) is 23.0 Å². The first-order valence-electron chi connectivity index (χ1n) is 8.71. The van der Waals surface area contributed by atoms with Gasteiger partial charge in [-0.25, -0.2) is 19.0 Å². The molecule has 0 aliphatic rings. The molecule has 0 saturated carbocycles. The second-order valence-electron chi connectivity index (χ2n) is 6.19. The van der Waals surface area contributed by atoms with Crippen LogP contribution in [0.15, 0.2) is 42.6 Å². The summed E-state index contributed by atoms with van der Waals surface area (Å²) in [5, 5.41) is 13.7. The van der Waals surface area contributed by atoms with E-state index >= 15 is 0 Å². The smallest absolute Gasteiger partial charge is 0.204 e. The van der Waals surface area contributed by atoms with Crippen molar-refractivity contribution < 1.29 is 4.39 Å². The van der Waals surface area contributed by atoms with Gasteiger partial charge >= 0.3 is 0 Å². The fraction of sp³-hybridized carbons (Fsp3) is 0.211. The highest BCUT2D eigenvalue weighted by molar-refractivity contribution is 5.89. The van der Waals surface area contributed by atoms with Crippen molar-refractivity contribution in [2.24, 2.45) is 0 Å². The highest BCUT2D eigenvalue weighted by atomic mass is 19.1. The lowest BCUT2D eigenvalue weighted by atomic mass is 10.2. The lowest BCUT2D eigenvalue weighted by Crippen LogP contribution is -2.07. The Bertz CT molecular complexity index is 1110. The zero-order valence-electron chi connectivity index (χ0n) is 14.8. The molecule has 1 aromatic carbocycles. The molecule has 3 aromatic heterocycles. The topological polar surface area (TPSA) is 95.4 Å². The third kappa shape index (κ3) is 3.21. The SMILES string of the molecule is CCCc1nnc(-c2nn(Cc3ccccc3F)c3ncccc23)nc1N. The van der Waals surface area contributed by atoms with Gasteiger partial charge in [0.05, 0.1) is 11.9 Å². The number of fused-ring (bicyclic) bond motifs is 1. The molecule has 136 valence electrons. The molecule has 0 fully saturated rings. The molecule has 8 heteroatoms. The van der Waals surface area contributed by atoms with Crippen molar-refractivity contribution in [3.05, 3.63) is 59.7 Å². The van der Waals surface area contributed by atoms with Crippen LogP contribution < -0.4 is 5.73 Å². The third-order valence-electron chi connectivity index (χ3n) is 4.27. The van der Waals surface area contributed by atoms with E-state index in [0.717, 1.165) is 18.2 Å². The zero-order chi connectivity index (χ0) is 18.8. The summed E-state index contributed by atoms with van der Waals surface area (Å²) in [5.41, 5.74) is 8.37. The standard InChI is InChI=1S/C19H18FN7/c1-2-6-15-17(21)23-18(25-24-15)16-13-8-5-10-22-19(13)27(26-16)11-12-7-3-4-9-14(12)20/h3-5,7-10H,2,6,11H2,1H3,(H2,21,23,25). The number of pyridine rings is 1. The fourth-order valence-electron chi connectivity index (χ4n) is 2.95. The summed E-state index contributed by atoms with van der Waals surface area (Å²) in [7, 11) is 0. The molecule has 4 rings (SSSR count). The summed E-state index contributed by atoms with van der Waals surface area (Å²) in [4.78, 5) is 8.77. The first-order valence-corrected chi connectivity index (χ1v) is 8.71. The predicted octanol–water partition coefficient (Wildman–Crippen LogP) is 3.01. The van der Waals surface area contributed by atoms with Gasteiger partial charge in [0.2, 0.25) is 5.82 Å². The summed E-state index contributed by atoms with van der Waals surface area (Å²) in [6, 6.07) is 10.3. The molecule has 3 heterocycles. The van der Waals surface area contributed by atoms with Crippen molar-refractivity contribution in [1.82, 2.24) is 29.9 Å². The second kappa shape index (κ2) is 7.06. The molecule has 0 bridgehead atoms. The van der Waals surface area contributed by atoms with Crippen LogP contribution in [-0.4, -0.2) is 29.9 Å². The van der Waals surface area contributed by atoms with Gasteiger partial charge in [-0.05, 0) is 24.6 Å². The van der Waals surface area contributed by atoms with Gasteiger partial charge in [0.15, 0.2) is 5.65 Å². The molecule has 4 aromatic rings. The minimum absolute atomic E-state index is 0.247. The lowest BCUT2D eigenvalue weighted by Gasteiger charge is -2.04. The number of aromatic nitrogens is 6. The monoisotopic (exact) mass is 363 g/mol. The summed E-state index contributed by atoms with van der Waals surface area (Å²) < 4.78 is 15.7. The van der Waals surface area contributed by atoms with Crippen molar-refractivity contribution in [3.63, 3.8) is 0 Å². The van der Waals surface area contributed by atoms with Gasteiger partial charge in [0.25, 0.3) is 0 Å². The Morgan fingerprint density at radius 2 is 1.96 bits per heavy atom. The Hall–Kier alpha value is -3.42. The summed E-state index contributed by atoms with van der Waals surface area (Å²) in [5.74, 6) is 0.393. The lowest BCUT2D eigenvalue weighted by molar-refractivity contribution is 0.589. The Labute approximate surface area is 155 Å². The summed E-state index contributed by atoms with van der Waals surface area (Å²) >= 11 is 0. The highest BCUT2D eigenvalue weighted by Crippen LogP contribution is 2.25. The van der Waals surface area contributed by atoms with Gasteiger partial charge in [-0.15, -0.1) is 10.2 Å². The molecule has 2 N–H and O–H groups in total. The molecule has 0 saturated heterocycles. The maximum atomic E-state index is 14.1. The van der Waals surface area contributed by atoms with E-state index in [1.807, 2.05) is 19.1 Å². The van der Waals surface area contributed by atoms with Crippen LogP contribution in [0.4, 0.5) is 10.2 Å². The number of hydrogen-bond donors (Lipinski definition) is 1. The number of nitrogens with two attached hydrogens (primary N) is 1. The maximum Gasteiger partial charge on any atom is 0.204 e. The summed E-state index contributed by atoms with van der Waals surface area (Å²) in [6.45, 7) is 2.29. The van der Waals surface area contributed by atoms with Crippen LogP contribution in [0.5, 0.6) is 0 Å². The number of nitrogens with zero attached hydrogens (tertiary/aromatic N) is 6. The molecule has 27 heavy (non-hydrogen) atoms. The van der Waals surface area contributed by atoms with Crippen molar-refractivity contribution in [1.29, 1.82) is 0 Å². The summed E-state index contributed by atoms with van der Waals surface area (Å²) in [6.07, 6.45) is 3.30. The van der Waals surface area contributed by atoms with E-state index < -0.39 is 0 Å². The van der Waals surface area contributed by atoms with Crippen LogP contribution in [0.25, 0.3) is 22.6 Å². The van der Waals surface area contributed by atoms with Crippen LogP contribution >= 0.6 is 0 Å². The molecule has 0 aliphatic heterocycles. The quantitative estimate of drug-likeness (QED) is 0.586. The first-order chi connectivity index (χ1) is 13.2. The van der Waals surface area contributed by atoms with Gasteiger partial charge < -0.3 is 5.73 Å². The van der Waals surface area contributed by atoms with Gasteiger partial charge in [0, 0.05) is 11.8 Å². The van der Waals surface area contributed by atoms with E-state index in [1.54, 1.807) is 29.1 Å². The highest BCUT2D eigenvalue weighted by Gasteiger charge is 2.18. The number of nitrogen functional groups attached to an aromatic ring is 1. The van der Waals surface area contributed by atoms with Crippen LogP contribution in [0.3, 0.4) is 0 Å². The number of benzene rings is 1. The van der Waals surface area contributed by atoms with E-state index in [9.17, 15) is 4.39 Å². The molecule has 0 atom stereocenters. The molecule has 7 nitrogen and oxygen atoms in total. The average molecular weight is 363 g/mol. The molecule has 0 aliphatic carbocycles. The molecule has 0 radical (unpaired) electrons. The van der Waals surface area contributed by atoms with E-state index in [-0.39, 0.29) is 12.4 Å². The van der Waals surface area contributed by atoms with Crippen molar-refractivity contribution in [3.8, 4) is 11.5 Å². The number of hydrogen-bond acceptors (Lipinski definition) is 6. The largest absolute Gasteiger partial charge is 0.382 e. The Balaban J connectivity index is 1.81. The van der Waals surface area contributed by atoms with Crippen molar-refractivity contribution in [2.75, 3.05) is 5.73 Å². The van der Waals surface area contributed by atoms with Crippen LogP contribution in [0.1, 0.15) is 24.6 Å². The van der Waals surface area contributed by atoms with E-state index in [1.165, 1.54) is 6.07 Å². The number of halogens is 1. The Kier molecular flexibility index (Phi) is 4.45. The molecule has 0 amide bonds. The third-order valence-corrected chi connectivity index (χ3v) is 4.27. The Morgan fingerprint density at radius 1 is 1.11 bits per heavy atom. The zero-order valence-corrected chi connectivity index (χ0v) is 14.8. The number of rotatable bonds is 5. The predicted molar refractivity (Wildman–Crippen MR) is 100 cm³/mol. The number of aryl methyl sites for hydroxylation is 1. The normalized spacial score (nSPS) is 11.2. The first kappa shape index (κ1) is 17.0. The fourth-order valence-corrected chi connectivity index (χ4v) is 2.95. The van der Waals surface area contributed by atoms with Gasteiger partial charge in [-0.3, -0.25) is 0 Å². The van der Waals surface area contributed by atoms with Gasteiger partial charge in [-0.2, -0.15) is 5.10 Å². The van der Waals surface area contributed by atoms with E-state index in [0.29, 0.717) is 34.2 Å². The van der Waals surface area contributed by atoms with Crippen molar-refractivity contribution in [2.45, 2.75) is 26.3 Å². The maximum absolute atomic E-state index is 14.1. The van der Waals surface area contributed by atoms with Gasteiger partial charge in [-0.1, -0.05) is 31.5 Å². The second-order valence-corrected chi connectivity index (χ2v) is 6.19. The minimum atomic E-state index is -0.287. The molecule has 0 spiro atoms. The molecule has 0 unspecified atom stereocenters. The van der Waals surface area contributed by atoms with Crippen LogP contribution in [0.2, 0.25) is 0 Å². The van der Waals surface area contributed by atoms with Crippen molar-refractivity contribution >= 4 is 16.9 Å². The van der Waals surface area contributed by atoms with Crippen LogP contribution in [-0.2, 0) is 13.0 Å². The van der Waals surface area contributed by atoms with E-state index in [4.69, 9.17) is 5.73 Å². The van der Waals surface area contributed by atoms with E-state index in [2.05, 4.69) is 25.3 Å². The van der Waals surface area contributed by atoms with Crippen LogP contribution in [0, 0.1) is 5.82 Å². The average Bonchev–Trinajstić information content (AvgIpc) is 3.04. The minimum Gasteiger partial charge on any atom is -0.382 e. The molecular weight excluding hydrogens is 345 g/mol. The molecular formula is C19H18FN7.